The maximum Gasteiger partial charge on any atom is 0.141 e. The van der Waals surface area contributed by atoms with Crippen LogP contribution in [0.2, 0.25) is 0 Å². The second kappa shape index (κ2) is 6.64. The number of nitrogens with one attached hydrogen (secondary N) is 1. The van der Waals surface area contributed by atoms with Crippen LogP contribution < -0.4 is 0 Å². The van der Waals surface area contributed by atoms with Crippen LogP contribution >= 0.6 is 0 Å². The van der Waals surface area contributed by atoms with Crippen molar-refractivity contribution in [1.29, 1.82) is 0 Å². The van der Waals surface area contributed by atoms with E-state index in [2.05, 4.69) is 36.9 Å². The number of nitrogens with zero attached hydrogens (tertiary/aromatic N) is 6. The zero-order chi connectivity index (χ0) is 17.2. The Morgan fingerprint density at radius 2 is 2.32 bits per heavy atom. The molecule has 0 saturated carbocycles. The molecule has 1 aliphatic rings. The van der Waals surface area contributed by atoms with Crippen molar-refractivity contribution < 1.29 is 4.74 Å². The maximum atomic E-state index is 5.05. The molecule has 0 bridgehead atoms. The smallest absolute Gasteiger partial charge is 0.141 e. The number of aliphatic imine (C=N–C) groups is 1. The molecule has 1 saturated heterocycles. The number of H-pyrrole nitrogens is 1. The third-order valence-corrected chi connectivity index (χ3v) is 4.81. The number of methoxy groups -OCH3 is 1. The summed E-state index contributed by atoms with van der Waals surface area (Å²) in [6.45, 7) is 6.34. The van der Waals surface area contributed by atoms with Crippen LogP contribution in [-0.4, -0.2) is 63.2 Å². The van der Waals surface area contributed by atoms with E-state index in [4.69, 9.17) is 4.74 Å². The summed E-state index contributed by atoms with van der Waals surface area (Å²) in [5.74, 6) is 0.404. The molecule has 3 aromatic heterocycles. The van der Waals surface area contributed by atoms with Gasteiger partial charge in [-0.2, -0.15) is 0 Å². The minimum Gasteiger partial charge on any atom is -0.502 e. The van der Waals surface area contributed by atoms with E-state index >= 15 is 0 Å². The maximum absolute atomic E-state index is 5.05. The minimum atomic E-state index is 0.404. The average Bonchev–Trinajstić information content (AvgIpc) is 3.28. The highest BCUT2D eigenvalue weighted by Crippen LogP contribution is 2.32. The minimum absolute atomic E-state index is 0.404. The summed E-state index contributed by atoms with van der Waals surface area (Å²) < 4.78 is 6.82. The van der Waals surface area contributed by atoms with Crippen molar-refractivity contribution in [2.75, 3.05) is 26.7 Å². The molecule has 25 heavy (non-hydrogen) atoms. The molecule has 4 heterocycles. The molecular formula is C17H21N7O. The van der Waals surface area contributed by atoms with E-state index in [1.807, 2.05) is 12.3 Å². The van der Waals surface area contributed by atoms with Gasteiger partial charge in [0.25, 0.3) is 0 Å². The van der Waals surface area contributed by atoms with Crippen molar-refractivity contribution in [3.8, 4) is 0 Å². The van der Waals surface area contributed by atoms with Crippen LogP contribution in [0.25, 0.3) is 16.6 Å². The number of fused-ring (bicyclic) bond motifs is 3. The second-order valence-electron chi connectivity index (χ2n) is 6.31. The van der Waals surface area contributed by atoms with Crippen molar-refractivity contribution in [2.45, 2.75) is 18.8 Å². The molecule has 3 aromatic rings. The summed E-state index contributed by atoms with van der Waals surface area (Å²) in [7, 11) is 1.63. The molecule has 1 fully saturated rings. The molecule has 0 spiro atoms. The third kappa shape index (κ3) is 2.89. The Kier molecular flexibility index (Phi) is 4.19. The van der Waals surface area contributed by atoms with Gasteiger partial charge in [-0.05, 0) is 38.7 Å². The number of ether oxygens (including phenoxy) is 1. The monoisotopic (exact) mass is 339 g/mol. The normalized spacial score (nSPS) is 17.4. The number of rotatable bonds is 5. The van der Waals surface area contributed by atoms with Gasteiger partial charge in [-0.1, -0.05) is 5.21 Å². The predicted molar refractivity (Wildman–Crippen MR) is 95.7 cm³/mol. The van der Waals surface area contributed by atoms with E-state index in [0.29, 0.717) is 5.92 Å². The van der Waals surface area contributed by atoms with Crippen LogP contribution in [0.3, 0.4) is 0 Å². The Labute approximate surface area is 145 Å². The fourth-order valence-corrected chi connectivity index (χ4v) is 3.55. The van der Waals surface area contributed by atoms with Gasteiger partial charge in [0, 0.05) is 24.0 Å². The standard InChI is InChI=1S/C17H21N7O/c1-18-13(10-25-2)9-23-7-4-12(5-8-23)15-16-14-3-6-19-17(14)20-11-24(16)22-21-15/h3,6,10-12,19H,1,4-5,7-9H2,2H3/b13-10-. The number of likely N-dealkylation sites (tertiary alicyclic amines) is 1. The third-order valence-electron chi connectivity index (χ3n) is 4.81. The molecule has 0 aliphatic carbocycles. The lowest BCUT2D eigenvalue weighted by Gasteiger charge is -2.31. The SMILES string of the molecule is C=N/C(=C\OC)CN1CCC(c2nnn3cnc4[nH]ccc4c23)CC1. The van der Waals surface area contributed by atoms with E-state index in [0.717, 1.165) is 60.4 Å². The molecular weight excluding hydrogens is 318 g/mol. The van der Waals surface area contributed by atoms with Gasteiger partial charge in [0.2, 0.25) is 0 Å². The van der Waals surface area contributed by atoms with Gasteiger partial charge < -0.3 is 9.72 Å². The summed E-state index contributed by atoms with van der Waals surface area (Å²) in [4.78, 5) is 13.9. The van der Waals surface area contributed by atoms with Crippen LogP contribution in [0.4, 0.5) is 0 Å². The fourth-order valence-electron chi connectivity index (χ4n) is 3.55. The molecule has 0 amide bonds. The van der Waals surface area contributed by atoms with E-state index in [9.17, 15) is 0 Å². The number of piperidine rings is 1. The van der Waals surface area contributed by atoms with Crippen molar-refractivity contribution in [3.63, 3.8) is 0 Å². The Balaban J connectivity index is 1.53. The zero-order valence-corrected chi connectivity index (χ0v) is 14.2. The Hall–Kier alpha value is -2.74. The Bertz CT molecular complexity index is 918. The molecule has 0 unspecified atom stereocenters. The molecule has 0 aromatic carbocycles. The van der Waals surface area contributed by atoms with Crippen molar-refractivity contribution >= 4 is 23.3 Å². The van der Waals surface area contributed by atoms with Crippen molar-refractivity contribution in [1.82, 2.24) is 29.7 Å². The first-order valence-electron chi connectivity index (χ1n) is 8.38. The lowest BCUT2D eigenvalue weighted by molar-refractivity contribution is 0.223. The van der Waals surface area contributed by atoms with Crippen LogP contribution in [0, 0.1) is 0 Å². The number of aromatic amines is 1. The molecule has 8 heteroatoms. The van der Waals surface area contributed by atoms with Crippen molar-refractivity contribution in [3.05, 3.63) is 36.2 Å². The van der Waals surface area contributed by atoms with Crippen molar-refractivity contribution in [2.24, 2.45) is 4.99 Å². The van der Waals surface area contributed by atoms with Gasteiger partial charge in [0.1, 0.15) is 23.8 Å². The molecule has 0 atom stereocenters. The topological polar surface area (TPSA) is 83.7 Å². The lowest BCUT2D eigenvalue weighted by Crippen LogP contribution is -2.34. The zero-order valence-electron chi connectivity index (χ0n) is 14.2. The first-order chi connectivity index (χ1) is 12.3. The van der Waals surface area contributed by atoms with E-state index in [1.54, 1.807) is 24.2 Å². The van der Waals surface area contributed by atoms with Gasteiger partial charge in [0.15, 0.2) is 0 Å². The van der Waals surface area contributed by atoms with Gasteiger partial charge >= 0.3 is 0 Å². The summed E-state index contributed by atoms with van der Waals surface area (Å²) in [6.07, 6.45) is 7.36. The van der Waals surface area contributed by atoms with E-state index in [1.165, 1.54) is 0 Å². The van der Waals surface area contributed by atoms with Crippen LogP contribution in [0.15, 0.2) is 35.5 Å². The Morgan fingerprint density at radius 1 is 1.48 bits per heavy atom. The summed E-state index contributed by atoms with van der Waals surface area (Å²) in [6, 6.07) is 2.04. The van der Waals surface area contributed by atoms with E-state index < -0.39 is 0 Å². The van der Waals surface area contributed by atoms with Gasteiger partial charge in [-0.3, -0.25) is 9.89 Å². The van der Waals surface area contributed by atoms with Crippen LogP contribution in [-0.2, 0) is 4.74 Å². The molecule has 130 valence electrons. The highest BCUT2D eigenvalue weighted by molar-refractivity contribution is 5.92. The molecule has 0 radical (unpaired) electrons. The average molecular weight is 339 g/mol. The van der Waals surface area contributed by atoms with Gasteiger partial charge in [-0.25, -0.2) is 9.50 Å². The largest absolute Gasteiger partial charge is 0.502 e. The molecule has 8 nitrogen and oxygen atoms in total. The van der Waals surface area contributed by atoms with Gasteiger partial charge in [0.05, 0.1) is 18.5 Å². The van der Waals surface area contributed by atoms with E-state index in [-0.39, 0.29) is 0 Å². The van der Waals surface area contributed by atoms with Gasteiger partial charge in [-0.15, -0.1) is 5.10 Å². The lowest BCUT2D eigenvalue weighted by atomic mass is 9.92. The first-order valence-corrected chi connectivity index (χ1v) is 8.38. The molecule has 1 aliphatic heterocycles. The highest BCUT2D eigenvalue weighted by atomic mass is 16.5. The molecule has 4 rings (SSSR count). The summed E-state index contributed by atoms with van der Waals surface area (Å²) in [5.41, 5.74) is 3.87. The highest BCUT2D eigenvalue weighted by Gasteiger charge is 2.26. The molecule has 1 N–H and O–H groups in total. The quantitative estimate of drug-likeness (QED) is 0.567. The van der Waals surface area contributed by atoms with Crippen LogP contribution in [0.5, 0.6) is 0 Å². The number of hydrogen-bond acceptors (Lipinski definition) is 6. The number of aromatic nitrogens is 5. The van der Waals surface area contributed by atoms with Crippen LogP contribution in [0.1, 0.15) is 24.5 Å². The number of hydrogen-bond donors (Lipinski definition) is 1. The summed E-state index contributed by atoms with van der Waals surface area (Å²) in [5, 5.41) is 9.79. The first kappa shape index (κ1) is 15.8. The Morgan fingerprint density at radius 3 is 3.08 bits per heavy atom. The second-order valence-corrected chi connectivity index (χ2v) is 6.31. The fraction of sp³-hybridized carbons (Fsp3) is 0.412. The predicted octanol–water partition coefficient (Wildman–Crippen LogP) is 1.97. The summed E-state index contributed by atoms with van der Waals surface area (Å²) >= 11 is 0.